The van der Waals surface area contributed by atoms with Gasteiger partial charge in [-0.3, -0.25) is 0 Å². The Hall–Kier alpha value is -2.71. The Morgan fingerprint density at radius 2 is 1.83 bits per heavy atom. The minimum Gasteiger partial charge on any atom is -0.394 e. The van der Waals surface area contributed by atoms with Gasteiger partial charge in [0.05, 0.1) is 25.3 Å². The molecule has 0 aliphatic rings. The lowest BCUT2D eigenvalue weighted by atomic mass is 10.2. The van der Waals surface area contributed by atoms with Crippen molar-refractivity contribution in [3.63, 3.8) is 0 Å². The zero-order valence-electron chi connectivity index (χ0n) is 12.4. The second kappa shape index (κ2) is 7.52. The number of nitrogens with one attached hydrogen (secondary N) is 1. The third kappa shape index (κ3) is 3.74. The summed E-state index contributed by atoms with van der Waals surface area (Å²) in [6.45, 7) is 1.37. The topological polar surface area (TPSA) is 106 Å². The summed E-state index contributed by atoms with van der Waals surface area (Å²) in [5.41, 5.74) is 0.802. The molecule has 0 spiro atoms. The van der Waals surface area contributed by atoms with Gasteiger partial charge in [0.25, 0.3) is 0 Å². The maximum absolute atomic E-state index is 8.70. The molecule has 3 aromatic rings. The molecule has 118 valence electrons. The minimum absolute atomic E-state index is 0.0139. The van der Waals surface area contributed by atoms with Gasteiger partial charge in [0.2, 0.25) is 5.82 Å². The summed E-state index contributed by atoms with van der Waals surface area (Å²) in [6.07, 6.45) is 2.83. The number of aromatic nitrogens is 5. The fourth-order valence-corrected chi connectivity index (χ4v) is 2.07. The van der Waals surface area contributed by atoms with E-state index in [1.165, 1.54) is 12.7 Å². The van der Waals surface area contributed by atoms with Crippen molar-refractivity contribution in [2.75, 3.05) is 31.7 Å². The Kier molecular flexibility index (Phi) is 4.97. The number of aliphatic hydroxyl groups is 1. The van der Waals surface area contributed by atoms with Crippen LogP contribution < -0.4 is 5.32 Å². The van der Waals surface area contributed by atoms with E-state index < -0.39 is 0 Å². The van der Waals surface area contributed by atoms with Crippen molar-refractivity contribution < 1.29 is 9.84 Å². The average molecular weight is 312 g/mol. The van der Waals surface area contributed by atoms with Gasteiger partial charge in [-0.05, 0) is 12.1 Å². The van der Waals surface area contributed by atoms with E-state index in [0.29, 0.717) is 37.2 Å². The van der Waals surface area contributed by atoms with Crippen molar-refractivity contribution in [1.82, 2.24) is 24.9 Å². The van der Waals surface area contributed by atoms with Crippen molar-refractivity contribution in [3.05, 3.63) is 36.9 Å². The van der Waals surface area contributed by atoms with E-state index in [4.69, 9.17) is 9.84 Å². The quantitative estimate of drug-likeness (QED) is 0.620. The molecule has 0 aliphatic carbocycles. The number of ether oxygens (including phenoxy) is 1. The van der Waals surface area contributed by atoms with Crippen LogP contribution in [0.4, 0.5) is 5.82 Å². The summed E-state index contributed by atoms with van der Waals surface area (Å²) in [7, 11) is 0. The number of aliphatic hydroxyl groups excluding tert-OH is 1. The van der Waals surface area contributed by atoms with Crippen molar-refractivity contribution in [2.45, 2.75) is 0 Å². The third-order valence-electron chi connectivity index (χ3n) is 3.07. The van der Waals surface area contributed by atoms with Gasteiger partial charge in [-0.1, -0.05) is 12.1 Å². The van der Waals surface area contributed by atoms with Gasteiger partial charge in [-0.15, -0.1) is 0 Å². The molecular weight excluding hydrogens is 296 g/mol. The smallest absolute Gasteiger partial charge is 0.200 e. The number of anilines is 1. The number of benzene rings is 1. The van der Waals surface area contributed by atoms with Gasteiger partial charge in [-0.2, -0.15) is 0 Å². The van der Waals surface area contributed by atoms with E-state index in [1.54, 1.807) is 0 Å². The third-order valence-corrected chi connectivity index (χ3v) is 3.07. The number of fused-ring (bicyclic) bond motifs is 1. The first-order valence-electron chi connectivity index (χ1n) is 7.20. The first kappa shape index (κ1) is 15.2. The zero-order valence-corrected chi connectivity index (χ0v) is 12.4. The highest BCUT2D eigenvalue weighted by molar-refractivity contribution is 5.90. The number of rotatable bonds is 7. The number of hydrogen-bond acceptors (Lipinski definition) is 8. The van der Waals surface area contributed by atoms with Gasteiger partial charge in [0.1, 0.15) is 18.5 Å². The van der Waals surface area contributed by atoms with Crippen molar-refractivity contribution in [3.8, 4) is 11.6 Å². The van der Waals surface area contributed by atoms with Crippen LogP contribution in [-0.2, 0) is 4.74 Å². The molecule has 0 radical (unpaired) electrons. The fraction of sp³-hybridized carbons (Fsp3) is 0.267. The van der Waals surface area contributed by atoms with Crippen molar-refractivity contribution >= 4 is 16.7 Å². The molecule has 0 amide bonds. The molecule has 0 fully saturated rings. The summed E-state index contributed by atoms with van der Waals surface area (Å²) >= 11 is 0. The van der Waals surface area contributed by atoms with Gasteiger partial charge < -0.3 is 15.2 Å². The molecule has 0 unspecified atom stereocenters. The van der Waals surface area contributed by atoms with Crippen LogP contribution in [0.1, 0.15) is 0 Å². The lowest BCUT2D eigenvalue weighted by Crippen LogP contribution is -2.13. The summed E-state index contributed by atoms with van der Waals surface area (Å²) in [5.74, 6) is 1.55. The molecule has 0 atom stereocenters. The lowest BCUT2D eigenvalue weighted by Gasteiger charge is -2.10. The average Bonchev–Trinajstić information content (AvgIpc) is 2.62. The van der Waals surface area contributed by atoms with E-state index in [-0.39, 0.29) is 6.61 Å². The predicted molar refractivity (Wildman–Crippen MR) is 84.8 cm³/mol. The molecule has 0 saturated carbocycles. The summed E-state index contributed by atoms with van der Waals surface area (Å²) in [6, 6.07) is 7.71. The number of nitrogens with zero attached hydrogens (tertiary/aromatic N) is 5. The van der Waals surface area contributed by atoms with Gasteiger partial charge in [-0.25, -0.2) is 24.9 Å². The standard InChI is InChI=1S/C15H16N6O2/c22-6-8-23-7-5-17-13-11-3-1-2-4-12(11)20-15(21-13)14-18-9-16-10-19-14/h1-4,9-10,22H,5-8H2,(H,17,20,21). The molecule has 2 aromatic heterocycles. The van der Waals surface area contributed by atoms with E-state index in [1.807, 2.05) is 24.3 Å². The van der Waals surface area contributed by atoms with Crippen LogP contribution in [0.15, 0.2) is 36.9 Å². The van der Waals surface area contributed by atoms with E-state index >= 15 is 0 Å². The second-order valence-electron chi connectivity index (χ2n) is 4.64. The van der Waals surface area contributed by atoms with Crippen LogP contribution in [0.5, 0.6) is 0 Å². The van der Waals surface area contributed by atoms with Crippen molar-refractivity contribution in [2.24, 2.45) is 0 Å². The summed E-state index contributed by atoms with van der Waals surface area (Å²) < 4.78 is 5.24. The highest BCUT2D eigenvalue weighted by atomic mass is 16.5. The first-order valence-corrected chi connectivity index (χ1v) is 7.20. The first-order chi connectivity index (χ1) is 11.4. The molecular formula is C15H16N6O2. The molecule has 0 aliphatic heterocycles. The van der Waals surface area contributed by atoms with Crippen LogP contribution in [0.3, 0.4) is 0 Å². The largest absolute Gasteiger partial charge is 0.394 e. The molecule has 8 nitrogen and oxygen atoms in total. The van der Waals surface area contributed by atoms with Gasteiger partial charge in [0.15, 0.2) is 5.82 Å². The van der Waals surface area contributed by atoms with E-state index in [2.05, 4.69) is 30.2 Å². The molecule has 0 saturated heterocycles. The molecule has 23 heavy (non-hydrogen) atoms. The highest BCUT2D eigenvalue weighted by Gasteiger charge is 2.10. The fourth-order valence-electron chi connectivity index (χ4n) is 2.07. The molecule has 3 rings (SSSR count). The van der Waals surface area contributed by atoms with Gasteiger partial charge in [0, 0.05) is 11.9 Å². The Morgan fingerprint density at radius 3 is 2.65 bits per heavy atom. The highest BCUT2D eigenvalue weighted by Crippen LogP contribution is 2.22. The van der Waals surface area contributed by atoms with Crippen LogP contribution in [0.2, 0.25) is 0 Å². The Bertz CT molecular complexity index is 768. The molecule has 8 heteroatoms. The van der Waals surface area contributed by atoms with Gasteiger partial charge >= 0.3 is 0 Å². The number of hydrogen-bond donors (Lipinski definition) is 2. The zero-order chi connectivity index (χ0) is 15.9. The maximum Gasteiger partial charge on any atom is 0.200 e. The summed E-state index contributed by atoms with van der Waals surface area (Å²) in [5, 5.41) is 12.8. The van der Waals surface area contributed by atoms with E-state index in [9.17, 15) is 0 Å². The van der Waals surface area contributed by atoms with Crippen molar-refractivity contribution in [1.29, 1.82) is 0 Å². The molecule has 2 N–H and O–H groups in total. The molecule has 1 aromatic carbocycles. The maximum atomic E-state index is 8.70. The monoisotopic (exact) mass is 312 g/mol. The Labute approximate surface area is 132 Å². The Morgan fingerprint density at radius 1 is 1.00 bits per heavy atom. The SMILES string of the molecule is OCCOCCNc1nc(-c2ncncn2)nc2ccccc12. The van der Waals surface area contributed by atoms with Crippen LogP contribution in [0.25, 0.3) is 22.6 Å². The normalized spacial score (nSPS) is 10.8. The predicted octanol–water partition coefficient (Wildman–Crippen LogP) is 0.903. The van der Waals surface area contributed by atoms with E-state index in [0.717, 1.165) is 10.9 Å². The molecule has 0 bridgehead atoms. The number of para-hydroxylation sites is 1. The van der Waals surface area contributed by atoms with Crippen LogP contribution >= 0.6 is 0 Å². The second-order valence-corrected chi connectivity index (χ2v) is 4.64. The lowest BCUT2D eigenvalue weighted by molar-refractivity contribution is 0.0992. The van der Waals surface area contributed by atoms with Crippen LogP contribution in [0, 0.1) is 0 Å². The van der Waals surface area contributed by atoms with Crippen LogP contribution in [-0.4, -0.2) is 56.4 Å². The summed E-state index contributed by atoms with van der Waals surface area (Å²) in [4.78, 5) is 21.0. The minimum atomic E-state index is 0.0139. The Balaban J connectivity index is 1.88. The molecule has 2 heterocycles.